The maximum atomic E-state index is 6.43. The molecule has 0 fully saturated rings. The maximum Gasteiger partial charge on any atom is 0.189 e. The van der Waals surface area contributed by atoms with Crippen molar-refractivity contribution in [1.82, 2.24) is 0 Å². The number of ether oxygens (including phenoxy) is 2. The highest BCUT2D eigenvalue weighted by atomic mass is 35.5. The van der Waals surface area contributed by atoms with Crippen molar-refractivity contribution in [1.29, 1.82) is 0 Å². The van der Waals surface area contributed by atoms with E-state index >= 15 is 0 Å². The van der Waals surface area contributed by atoms with Crippen LogP contribution in [0.2, 0.25) is 5.02 Å². The van der Waals surface area contributed by atoms with Gasteiger partial charge in [-0.25, -0.2) is 0 Å². The first-order valence-corrected chi connectivity index (χ1v) is 8.39. The van der Waals surface area contributed by atoms with Crippen molar-refractivity contribution in [2.45, 2.75) is 18.6 Å². The fraction of sp³-hybridized carbons (Fsp3) is 0.200. The SMILES string of the molecule is COc1cc(Cl)c2ccc3c(c2c1)NC1(Cc2ccccc2O1)C3. The number of nitrogens with one attached hydrogen (secondary N) is 1. The summed E-state index contributed by atoms with van der Waals surface area (Å²) in [5, 5.41) is 6.44. The van der Waals surface area contributed by atoms with Crippen LogP contribution in [0.3, 0.4) is 0 Å². The van der Waals surface area contributed by atoms with Crippen molar-refractivity contribution in [3.8, 4) is 11.5 Å². The van der Waals surface area contributed by atoms with Crippen molar-refractivity contribution < 1.29 is 9.47 Å². The summed E-state index contributed by atoms with van der Waals surface area (Å²) >= 11 is 6.43. The van der Waals surface area contributed by atoms with Gasteiger partial charge < -0.3 is 14.8 Å². The first-order chi connectivity index (χ1) is 11.7. The van der Waals surface area contributed by atoms with Gasteiger partial charge in [-0.1, -0.05) is 41.9 Å². The highest BCUT2D eigenvalue weighted by Gasteiger charge is 2.44. The third kappa shape index (κ3) is 1.91. The Hall–Kier alpha value is -2.39. The molecule has 0 saturated carbocycles. The third-order valence-electron chi connectivity index (χ3n) is 4.96. The average Bonchev–Trinajstić information content (AvgIpc) is 3.13. The van der Waals surface area contributed by atoms with Gasteiger partial charge in [0.1, 0.15) is 11.5 Å². The topological polar surface area (TPSA) is 30.5 Å². The molecule has 1 spiro atoms. The minimum Gasteiger partial charge on any atom is -0.497 e. The van der Waals surface area contributed by atoms with Crippen LogP contribution in [-0.4, -0.2) is 12.8 Å². The first-order valence-electron chi connectivity index (χ1n) is 8.02. The second-order valence-corrected chi connectivity index (χ2v) is 6.89. The van der Waals surface area contributed by atoms with E-state index in [4.69, 9.17) is 21.1 Å². The lowest BCUT2D eigenvalue weighted by atomic mass is 10.00. The standard InChI is InChI=1S/C20H16ClNO2/c1-23-14-8-16-15(17(21)9-14)7-6-13-11-20(22-19(13)16)10-12-4-2-3-5-18(12)24-20/h2-9,22H,10-11H2,1H3. The van der Waals surface area contributed by atoms with Crippen LogP contribution in [0.1, 0.15) is 11.1 Å². The van der Waals surface area contributed by atoms with E-state index in [2.05, 4.69) is 29.6 Å². The molecule has 0 amide bonds. The van der Waals surface area contributed by atoms with Gasteiger partial charge in [-0.15, -0.1) is 0 Å². The zero-order chi connectivity index (χ0) is 16.3. The molecule has 5 rings (SSSR count). The van der Waals surface area contributed by atoms with E-state index in [1.165, 1.54) is 11.1 Å². The van der Waals surface area contributed by atoms with E-state index in [-0.39, 0.29) is 0 Å². The summed E-state index contributed by atoms with van der Waals surface area (Å²) in [4.78, 5) is 0. The average molecular weight is 338 g/mol. The number of methoxy groups -OCH3 is 1. The van der Waals surface area contributed by atoms with Crippen molar-refractivity contribution >= 4 is 28.1 Å². The summed E-state index contributed by atoms with van der Waals surface area (Å²) in [6, 6.07) is 16.3. The lowest BCUT2D eigenvalue weighted by Gasteiger charge is -2.24. The molecule has 4 heteroatoms. The number of benzene rings is 3. The third-order valence-corrected chi connectivity index (χ3v) is 5.28. The molecule has 0 aromatic heterocycles. The molecule has 1 atom stereocenters. The minimum absolute atomic E-state index is 0.393. The number of para-hydroxylation sites is 1. The molecular weight excluding hydrogens is 322 g/mol. The molecule has 3 aromatic carbocycles. The lowest BCUT2D eigenvalue weighted by Crippen LogP contribution is -2.41. The molecule has 24 heavy (non-hydrogen) atoms. The predicted octanol–water partition coefficient (Wildman–Crippen LogP) is 4.80. The van der Waals surface area contributed by atoms with Gasteiger partial charge in [0.2, 0.25) is 0 Å². The number of fused-ring (bicyclic) bond motifs is 4. The molecule has 120 valence electrons. The fourth-order valence-electron chi connectivity index (χ4n) is 3.87. The highest BCUT2D eigenvalue weighted by molar-refractivity contribution is 6.36. The summed E-state index contributed by atoms with van der Waals surface area (Å²) < 4.78 is 11.7. The van der Waals surface area contributed by atoms with E-state index in [0.717, 1.165) is 40.8 Å². The molecule has 0 saturated heterocycles. The second kappa shape index (κ2) is 4.81. The highest BCUT2D eigenvalue weighted by Crippen LogP contribution is 2.46. The predicted molar refractivity (Wildman–Crippen MR) is 96.3 cm³/mol. The smallest absolute Gasteiger partial charge is 0.189 e. The van der Waals surface area contributed by atoms with Crippen LogP contribution < -0.4 is 14.8 Å². The summed E-state index contributed by atoms with van der Waals surface area (Å²) in [6.45, 7) is 0. The van der Waals surface area contributed by atoms with E-state index < -0.39 is 5.72 Å². The molecule has 0 aliphatic carbocycles. The molecule has 3 aromatic rings. The van der Waals surface area contributed by atoms with E-state index in [1.54, 1.807) is 7.11 Å². The molecule has 2 aliphatic rings. The number of anilines is 1. The van der Waals surface area contributed by atoms with Crippen LogP contribution in [-0.2, 0) is 12.8 Å². The van der Waals surface area contributed by atoms with E-state index in [0.29, 0.717) is 5.02 Å². The van der Waals surface area contributed by atoms with Crippen LogP contribution in [0, 0.1) is 0 Å². The van der Waals surface area contributed by atoms with Crippen LogP contribution in [0.25, 0.3) is 10.8 Å². The zero-order valence-corrected chi connectivity index (χ0v) is 14.0. The van der Waals surface area contributed by atoms with Crippen molar-refractivity contribution in [2.75, 3.05) is 12.4 Å². The number of rotatable bonds is 1. The Bertz CT molecular complexity index is 958. The van der Waals surface area contributed by atoms with Crippen LogP contribution in [0.4, 0.5) is 5.69 Å². The zero-order valence-electron chi connectivity index (χ0n) is 13.2. The molecule has 0 bridgehead atoms. The monoisotopic (exact) mass is 337 g/mol. The summed E-state index contributed by atoms with van der Waals surface area (Å²) in [7, 11) is 1.66. The fourth-order valence-corrected chi connectivity index (χ4v) is 4.15. The van der Waals surface area contributed by atoms with Gasteiger partial charge in [-0.05, 0) is 23.8 Å². The first kappa shape index (κ1) is 14.0. The molecule has 0 radical (unpaired) electrons. The Labute approximate surface area is 145 Å². The Morgan fingerprint density at radius 3 is 2.71 bits per heavy atom. The number of halogens is 1. The Balaban J connectivity index is 1.63. The minimum atomic E-state index is -0.393. The van der Waals surface area contributed by atoms with Crippen LogP contribution in [0.5, 0.6) is 11.5 Å². The second-order valence-electron chi connectivity index (χ2n) is 6.49. The van der Waals surface area contributed by atoms with Gasteiger partial charge >= 0.3 is 0 Å². The normalized spacial score (nSPS) is 20.6. The van der Waals surface area contributed by atoms with Gasteiger partial charge in [0.05, 0.1) is 12.1 Å². The van der Waals surface area contributed by atoms with Gasteiger partial charge in [-0.2, -0.15) is 0 Å². The van der Waals surface area contributed by atoms with E-state index in [1.807, 2.05) is 24.3 Å². The van der Waals surface area contributed by atoms with Crippen LogP contribution in [0.15, 0.2) is 48.5 Å². The van der Waals surface area contributed by atoms with Crippen LogP contribution >= 0.6 is 11.6 Å². The molecular formula is C20H16ClNO2. The van der Waals surface area contributed by atoms with Gasteiger partial charge in [0.25, 0.3) is 0 Å². The number of hydrogen-bond acceptors (Lipinski definition) is 3. The molecule has 1 unspecified atom stereocenters. The lowest BCUT2D eigenvalue weighted by molar-refractivity contribution is 0.135. The summed E-state index contributed by atoms with van der Waals surface area (Å²) in [5.41, 5.74) is 3.20. The van der Waals surface area contributed by atoms with Gasteiger partial charge in [0.15, 0.2) is 5.72 Å². The quantitative estimate of drug-likeness (QED) is 0.691. The Morgan fingerprint density at radius 1 is 1.04 bits per heavy atom. The van der Waals surface area contributed by atoms with Gasteiger partial charge in [0, 0.05) is 34.9 Å². The molecule has 2 aliphatic heterocycles. The Kier molecular flexibility index (Phi) is 2.80. The largest absolute Gasteiger partial charge is 0.497 e. The van der Waals surface area contributed by atoms with Crippen molar-refractivity contribution in [3.63, 3.8) is 0 Å². The maximum absolute atomic E-state index is 6.43. The molecule has 1 N–H and O–H groups in total. The summed E-state index contributed by atoms with van der Waals surface area (Å²) in [5.74, 6) is 1.73. The molecule has 2 heterocycles. The molecule has 3 nitrogen and oxygen atoms in total. The van der Waals surface area contributed by atoms with Crippen molar-refractivity contribution in [3.05, 3.63) is 64.7 Å². The Morgan fingerprint density at radius 2 is 1.88 bits per heavy atom. The summed E-state index contributed by atoms with van der Waals surface area (Å²) in [6.07, 6.45) is 1.69. The van der Waals surface area contributed by atoms with E-state index in [9.17, 15) is 0 Å². The van der Waals surface area contributed by atoms with Gasteiger partial charge in [-0.3, -0.25) is 0 Å². The van der Waals surface area contributed by atoms with Crippen molar-refractivity contribution in [2.24, 2.45) is 0 Å². The number of hydrogen-bond donors (Lipinski definition) is 1.